The number of hydrogen-bond acceptors (Lipinski definition) is 4. The molecule has 2 aliphatic heterocycles. The SMILES string of the molecule is CN=C(NCc1ccc(CN2CCCC2)cc1)NCC1CCCN1CCOC. The fourth-order valence-electron chi connectivity index (χ4n) is 4.21. The van der Waals surface area contributed by atoms with Crippen LogP contribution in [-0.4, -0.2) is 75.3 Å². The van der Waals surface area contributed by atoms with Crippen molar-refractivity contribution in [2.24, 2.45) is 4.99 Å². The molecule has 0 saturated carbocycles. The van der Waals surface area contributed by atoms with Crippen LogP contribution in [0.4, 0.5) is 0 Å². The first-order valence-corrected chi connectivity index (χ1v) is 10.8. The molecule has 0 aliphatic carbocycles. The van der Waals surface area contributed by atoms with E-state index in [1.54, 1.807) is 7.11 Å². The van der Waals surface area contributed by atoms with Crippen LogP contribution in [-0.2, 0) is 17.8 Å². The minimum atomic E-state index is 0.568. The molecule has 2 N–H and O–H groups in total. The second kappa shape index (κ2) is 11.4. The lowest BCUT2D eigenvalue weighted by molar-refractivity contribution is 0.141. The second-order valence-electron chi connectivity index (χ2n) is 7.93. The summed E-state index contributed by atoms with van der Waals surface area (Å²) < 4.78 is 5.23. The van der Waals surface area contributed by atoms with E-state index in [2.05, 4.69) is 49.7 Å². The lowest BCUT2D eigenvalue weighted by Gasteiger charge is -2.25. The van der Waals surface area contributed by atoms with Crippen molar-refractivity contribution in [2.75, 3.05) is 53.5 Å². The van der Waals surface area contributed by atoms with Crippen LogP contribution in [0.1, 0.15) is 36.8 Å². The third-order valence-corrected chi connectivity index (χ3v) is 5.90. The average molecular weight is 388 g/mol. The van der Waals surface area contributed by atoms with Crippen LogP contribution in [0.5, 0.6) is 0 Å². The van der Waals surface area contributed by atoms with Crippen molar-refractivity contribution in [2.45, 2.75) is 44.8 Å². The van der Waals surface area contributed by atoms with Crippen molar-refractivity contribution in [3.8, 4) is 0 Å². The predicted molar refractivity (Wildman–Crippen MR) is 116 cm³/mol. The van der Waals surface area contributed by atoms with Gasteiger partial charge in [-0.3, -0.25) is 14.8 Å². The van der Waals surface area contributed by atoms with E-state index < -0.39 is 0 Å². The van der Waals surface area contributed by atoms with Gasteiger partial charge in [0.2, 0.25) is 0 Å². The van der Waals surface area contributed by atoms with Crippen LogP contribution in [0.2, 0.25) is 0 Å². The molecule has 1 atom stereocenters. The number of ether oxygens (including phenoxy) is 1. The summed E-state index contributed by atoms with van der Waals surface area (Å²) in [5.41, 5.74) is 2.70. The Morgan fingerprint density at radius 3 is 2.54 bits per heavy atom. The van der Waals surface area contributed by atoms with Crippen LogP contribution in [0.25, 0.3) is 0 Å². The number of methoxy groups -OCH3 is 1. The van der Waals surface area contributed by atoms with Crippen molar-refractivity contribution in [3.05, 3.63) is 35.4 Å². The van der Waals surface area contributed by atoms with Crippen molar-refractivity contribution < 1.29 is 4.74 Å². The van der Waals surface area contributed by atoms with E-state index in [-0.39, 0.29) is 0 Å². The van der Waals surface area contributed by atoms with E-state index in [0.717, 1.165) is 38.7 Å². The summed E-state index contributed by atoms with van der Waals surface area (Å²) in [4.78, 5) is 9.44. The van der Waals surface area contributed by atoms with E-state index in [1.165, 1.54) is 56.4 Å². The lowest BCUT2D eigenvalue weighted by atomic mass is 10.1. The Morgan fingerprint density at radius 1 is 1.07 bits per heavy atom. The highest BCUT2D eigenvalue weighted by atomic mass is 16.5. The number of aliphatic imine (C=N–C) groups is 1. The Morgan fingerprint density at radius 2 is 1.82 bits per heavy atom. The molecule has 1 unspecified atom stereocenters. The molecule has 2 heterocycles. The van der Waals surface area contributed by atoms with Crippen LogP contribution in [0.15, 0.2) is 29.3 Å². The monoisotopic (exact) mass is 387 g/mol. The van der Waals surface area contributed by atoms with Gasteiger partial charge in [0.15, 0.2) is 5.96 Å². The smallest absolute Gasteiger partial charge is 0.191 e. The normalized spacial score (nSPS) is 21.4. The topological polar surface area (TPSA) is 52.1 Å². The molecule has 3 rings (SSSR count). The largest absolute Gasteiger partial charge is 0.383 e. The zero-order valence-electron chi connectivity index (χ0n) is 17.6. The molecule has 0 spiro atoms. The van der Waals surface area contributed by atoms with E-state index in [9.17, 15) is 0 Å². The van der Waals surface area contributed by atoms with Crippen LogP contribution in [0, 0.1) is 0 Å². The molecule has 156 valence electrons. The maximum atomic E-state index is 5.23. The number of nitrogens with one attached hydrogen (secondary N) is 2. The minimum Gasteiger partial charge on any atom is -0.383 e. The average Bonchev–Trinajstić information content (AvgIpc) is 3.39. The number of rotatable bonds is 9. The Kier molecular flexibility index (Phi) is 8.58. The molecule has 6 nitrogen and oxygen atoms in total. The standard InChI is InChI=1S/C22H37N5O/c1-23-22(25-17-21-6-5-13-27(21)14-15-28-2)24-16-19-7-9-20(10-8-19)18-26-11-3-4-12-26/h7-10,21H,3-6,11-18H2,1-2H3,(H2,23,24,25). The van der Waals surface area contributed by atoms with Gasteiger partial charge in [0.1, 0.15) is 0 Å². The van der Waals surface area contributed by atoms with Gasteiger partial charge < -0.3 is 15.4 Å². The number of likely N-dealkylation sites (tertiary alicyclic amines) is 2. The Bertz CT molecular complexity index is 597. The van der Waals surface area contributed by atoms with E-state index in [1.807, 2.05) is 7.05 Å². The number of nitrogens with zero attached hydrogens (tertiary/aromatic N) is 3. The molecule has 0 aromatic heterocycles. The van der Waals surface area contributed by atoms with Gasteiger partial charge in [0, 0.05) is 46.4 Å². The summed E-state index contributed by atoms with van der Waals surface area (Å²) in [6.45, 7) is 8.28. The zero-order valence-corrected chi connectivity index (χ0v) is 17.6. The third kappa shape index (κ3) is 6.47. The lowest BCUT2D eigenvalue weighted by Crippen LogP contribution is -2.45. The maximum absolute atomic E-state index is 5.23. The number of benzene rings is 1. The molecule has 2 aliphatic rings. The highest BCUT2D eigenvalue weighted by Crippen LogP contribution is 2.16. The molecule has 0 amide bonds. The van der Waals surface area contributed by atoms with Crippen LogP contribution in [0.3, 0.4) is 0 Å². The van der Waals surface area contributed by atoms with Gasteiger partial charge >= 0.3 is 0 Å². The summed E-state index contributed by atoms with van der Waals surface area (Å²) in [5, 5.41) is 6.94. The highest BCUT2D eigenvalue weighted by molar-refractivity contribution is 5.79. The minimum absolute atomic E-state index is 0.568. The van der Waals surface area contributed by atoms with Crippen LogP contribution >= 0.6 is 0 Å². The first kappa shape index (κ1) is 21.1. The Labute approximate surface area is 170 Å². The van der Waals surface area contributed by atoms with Gasteiger partial charge in [-0.1, -0.05) is 24.3 Å². The molecule has 6 heteroatoms. The van der Waals surface area contributed by atoms with Crippen molar-refractivity contribution in [3.63, 3.8) is 0 Å². The van der Waals surface area contributed by atoms with Gasteiger partial charge in [-0.25, -0.2) is 0 Å². The molecular weight excluding hydrogens is 350 g/mol. The Hall–Kier alpha value is -1.63. The van der Waals surface area contributed by atoms with Gasteiger partial charge in [0.05, 0.1) is 6.61 Å². The first-order valence-electron chi connectivity index (χ1n) is 10.8. The predicted octanol–water partition coefficient (Wildman–Crippen LogP) is 2.06. The van der Waals surface area contributed by atoms with Gasteiger partial charge in [-0.15, -0.1) is 0 Å². The first-order chi connectivity index (χ1) is 13.8. The highest BCUT2D eigenvalue weighted by Gasteiger charge is 2.23. The molecule has 0 bridgehead atoms. The second-order valence-corrected chi connectivity index (χ2v) is 7.93. The zero-order chi connectivity index (χ0) is 19.6. The summed E-state index contributed by atoms with van der Waals surface area (Å²) >= 11 is 0. The maximum Gasteiger partial charge on any atom is 0.191 e. The van der Waals surface area contributed by atoms with E-state index >= 15 is 0 Å². The van der Waals surface area contributed by atoms with Crippen molar-refractivity contribution >= 4 is 5.96 Å². The summed E-state index contributed by atoms with van der Waals surface area (Å²) in [6, 6.07) is 9.55. The Balaban J connectivity index is 1.40. The molecule has 0 radical (unpaired) electrons. The fraction of sp³-hybridized carbons (Fsp3) is 0.682. The molecule has 2 fully saturated rings. The number of guanidine groups is 1. The molecular formula is C22H37N5O. The fourth-order valence-corrected chi connectivity index (χ4v) is 4.21. The van der Waals surface area contributed by atoms with Gasteiger partial charge in [-0.05, 0) is 56.4 Å². The quantitative estimate of drug-likeness (QED) is 0.502. The molecule has 1 aromatic carbocycles. The van der Waals surface area contributed by atoms with Gasteiger partial charge in [0.25, 0.3) is 0 Å². The molecule has 28 heavy (non-hydrogen) atoms. The summed E-state index contributed by atoms with van der Waals surface area (Å²) in [5.74, 6) is 0.875. The molecule has 1 aromatic rings. The van der Waals surface area contributed by atoms with Crippen molar-refractivity contribution in [1.29, 1.82) is 0 Å². The number of hydrogen-bond donors (Lipinski definition) is 2. The van der Waals surface area contributed by atoms with Gasteiger partial charge in [-0.2, -0.15) is 0 Å². The van der Waals surface area contributed by atoms with Crippen LogP contribution < -0.4 is 10.6 Å². The van der Waals surface area contributed by atoms with Crippen molar-refractivity contribution in [1.82, 2.24) is 20.4 Å². The third-order valence-electron chi connectivity index (χ3n) is 5.90. The summed E-state index contributed by atoms with van der Waals surface area (Å²) in [7, 11) is 3.61. The molecule has 2 saturated heterocycles. The van der Waals surface area contributed by atoms with E-state index in [0.29, 0.717) is 6.04 Å². The summed E-state index contributed by atoms with van der Waals surface area (Å²) in [6.07, 6.45) is 5.20. The van der Waals surface area contributed by atoms with E-state index in [4.69, 9.17) is 4.74 Å².